The van der Waals surface area contributed by atoms with E-state index in [0.717, 1.165) is 0 Å². The van der Waals surface area contributed by atoms with E-state index < -0.39 is 15.9 Å². The Kier molecular flexibility index (Phi) is 5.48. The number of anilines is 2. The molecule has 1 N–H and O–H groups in total. The van der Waals surface area contributed by atoms with Gasteiger partial charge in [-0.25, -0.2) is 8.42 Å². The largest absolute Gasteiger partial charge is 0.493 e. The number of benzene rings is 2. The number of hydrogen-bond donors (Lipinski definition) is 1. The van der Waals surface area contributed by atoms with Crippen molar-refractivity contribution in [3.8, 4) is 11.5 Å². The Morgan fingerprint density at radius 3 is 2.56 bits per heavy atom. The molecule has 0 saturated carbocycles. The van der Waals surface area contributed by atoms with E-state index in [1.165, 1.54) is 24.6 Å². The Labute approximate surface area is 162 Å². The molecule has 0 bridgehead atoms. The van der Waals surface area contributed by atoms with Crippen molar-refractivity contribution < 1.29 is 22.7 Å². The highest BCUT2D eigenvalue weighted by Gasteiger charge is 2.28. The number of carbonyl (C=O) groups is 1. The van der Waals surface area contributed by atoms with Gasteiger partial charge >= 0.3 is 0 Å². The zero-order valence-electron chi connectivity index (χ0n) is 14.9. The van der Waals surface area contributed by atoms with Crippen LogP contribution in [0.15, 0.2) is 36.4 Å². The Bertz CT molecular complexity index is 978. The molecule has 0 atom stereocenters. The first-order chi connectivity index (χ1) is 12.9. The molecule has 7 nitrogen and oxygen atoms in total. The fourth-order valence-corrected chi connectivity index (χ4v) is 4.72. The highest BCUT2D eigenvalue weighted by molar-refractivity contribution is 7.93. The van der Waals surface area contributed by atoms with E-state index in [4.69, 9.17) is 21.1 Å². The third-order valence-corrected chi connectivity index (χ3v) is 6.42. The van der Waals surface area contributed by atoms with Gasteiger partial charge in [-0.1, -0.05) is 17.7 Å². The van der Waals surface area contributed by atoms with Crippen LogP contribution in [0, 0.1) is 0 Å². The van der Waals surface area contributed by atoms with E-state index in [9.17, 15) is 13.2 Å². The van der Waals surface area contributed by atoms with Crippen molar-refractivity contribution in [1.82, 2.24) is 0 Å². The molecule has 3 rings (SSSR count). The smallest absolute Gasteiger partial charge is 0.259 e. The molecule has 1 amide bonds. The predicted octanol–water partition coefficient (Wildman–Crippen LogP) is 3.15. The summed E-state index contributed by atoms with van der Waals surface area (Å²) in [6.45, 7) is 0.422. The molecule has 0 radical (unpaired) electrons. The van der Waals surface area contributed by atoms with Crippen molar-refractivity contribution in [1.29, 1.82) is 0 Å². The van der Waals surface area contributed by atoms with Crippen molar-refractivity contribution in [3.63, 3.8) is 0 Å². The van der Waals surface area contributed by atoms with Crippen molar-refractivity contribution in [3.05, 3.63) is 47.0 Å². The number of carbonyl (C=O) groups excluding carboxylic acids is 1. The Hall–Kier alpha value is -2.45. The van der Waals surface area contributed by atoms with Crippen LogP contribution in [0.1, 0.15) is 16.8 Å². The molecule has 0 spiro atoms. The molecule has 1 saturated heterocycles. The van der Waals surface area contributed by atoms with E-state index in [-0.39, 0.29) is 10.8 Å². The van der Waals surface area contributed by atoms with Gasteiger partial charge < -0.3 is 14.8 Å². The summed E-state index contributed by atoms with van der Waals surface area (Å²) >= 11 is 6.27. The van der Waals surface area contributed by atoms with Crippen LogP contribution in [-0.4, -0.2) is 40.8 Å². The predicted molar refractivity (Wildman–Crippen MR) is 105 cm³/mol. The lowest BCUT2D eigenvalue weighted by Crippen LogP contribution is -2.25. The van der Waals surface area contributed by atoms with Gasteiger partial charge in [0.15, 0.2) is 11.5 Å². The monoisotopic (exact) mass is 410 g/mol. The van der Waals surface area contributed by atoms with Crippen LogP contribution in [0.25, 0.3) is 0 Å². The summed E-state index contributed by atoms with van der Waals surface area (Å²) in [5.74, 6) is 0.451. The van der Waals surface area contributed by atoms with Crippen molar-refractivity contribution >= 4 is 38.9 Å². The summed E-state index contributed by atoms with van der Waals surface area (Å²) in [6.07, 6.45) is 0.577. The number of amides is 1. The molecule has 144 valence electrons. The third-order valence-electron chi connectivity index (χ3n) is 4.24. The number of nitrogens with one attached hydrogen (secondary N) is 1. The molecule has 0 aliphatic carbocycles. The molecule has 2 aromatic rings. The van der Waals surface area contributed by atoms with Gasteiger partial charge in [-0.05, 0) is 36.8 Å². The maximum atomic E-state index is 12.6. The number of sulfonamides is 1. The summed E-state index contributed by atoms with van der Waals surface area (Å²) in [7, 11) is -0.357. The van der Waals surface area contributed by atoms with Crippen molar-refractivity contribution in [2.45, 2.75) is 6.42 Å². The fourth-order valence-electron chi connectivity index (χ4n) is 2.95. The van der Waals surface area contributed by atoms with Gasteiger partial charge in [0, 0.05) is 6.54 Å². The molecular formula is C18H19ClN2O5S. The number of ether oxygens (including phenoxy) is 2. The number of methoxy groups -OCH3 is 2. The number of hydrogen-bond acceptors (Lipinski definition) is 5. The number of halogens is 1. The lowest BCUT2D eigenvalue weighted by atomic mass is 10.1. The van der Waals surface area contributed by atoms with Crippen LogP contribution in [0.4, 0.5) is 11.4 Å². The zero-order chi connectivity index (χ0) is 19.6. The zero-order valence-corrected chi connectivity index (χ0v) is 16.4. The van der Waals surface area contributed by atoms with Crippen LogP contribution in [-0.2, 0) is 10.0 Å². The Balaban J connectivity index is 1.86. The lowest BCUT2D eigenvalue weighted by Gasteiger charge is -2.18. The number of rotatable bonds is 5. The average Bonchev–Trinajstić information content (AvgIpc) is 3.01. The van der Waals surface area contributed by atoms with Gasteiger partial charge in [-0.15, -0.1) is 0 Å². The van der Waals surface area contributed by atoms with Gasteiger partial charge in [0.25, 0.3) is 5.91 Å². The summed E-state index contributed by atoms with van der Waals surface area (Å²) < 4.78 is 35.9. The molecule has 1 aliphatic rings. The molecule has 0 unspecified atom stereocenters. The van der Waals surface area contributed by atoms with E-state index in [1.54, 1.807) is 30.3 Å². The van der Waals surface area contributed by atoms with E-state index in [1.807, 2.05) is 0 Å². The summed E-state index contributed by atoms with van der Waals surface area (Å²) in [6, 6.07) is 9.70. The highest BCUT2D eigenvalue weighted by atomic mass is 35.5. The minimum atomic E-state index is -3.30. The van der Waals surface area contributed by atoms with Gasteiger partial charge in [0.2, 0.25) is 10.0 Å². The second-order valence-electron chi connectivity index (χ2n) is 5.90. The molecule has 0 aromatic heterocycles. The van der Waals surface area contributed by atoms with Crippen LogP contribution >= 0.6 is 11.6 Å². The maximum Gasteiger partial charge on any atom is 0.259 e. The van der Waals surface area contributed by atoms with E-state index in [2.05, 4.69) is 5.32 Å². The van der Waals surface area contributed by atoms with E-state index in [0.29, 0.717) is 41.4 Å². The van der Waals surface area contributed by atoms with Gasteiger partial charge in [0.05, 0.1) is 41.9 Å². The number of para-hydroxylation sites is 1. The van der Waals surface area contributed by atoms with E-state index >= 15 is 0 Å². The average molecular weight is 411 g/mol. The fraction of sp³-hybridized carbons (Fsp3) is 0.278. The normalized spacial score (nSPS) is 15.4. The first-order valence-corrected chi connectivity index (χ1v) is 10.2. The molecule has 2 aromatic carbocycles. The number of nitrogens with zero attached hydrogens (tertiary/aromatic N) is 1. The third kappa shape index (κ3) is 3.81. The molecular weight excluding hydrogens is 392 g/mol. The second-order valence-corrected chi connectivity index (χ2v) is 8.32. The minimum absolute atomic E-state index is 0.124. The standard InChI is InChI=1S/C18H19ClN2O5S/c1-25-16-6-3-5-13(17(16)26-2)18(22)20-15-8-7-12(11-14(15)19)21-9-4-10-27(21,23)24/h3,5-8,11H,4,9-10H2,1-2H3,(H,20,22). The van der Waals surface area contributed by atoms with Gasteiger partial charge in [-0.3, -0.25) is 9.10 Å². The topological polar surface area (TPSA) is 84.9 Å². The Morgan fingerprint density at radius 1 is 1.19 bits per heavy atom. The van der Waals surface area contributed by atoms with Crippen LogP contribution in [0.2, 0.25) is 5.02 Å². The Morgan fingerprint density at radius 2 is 1.96 bits per heavy atom. The van der Waals surface area contributed by atoms with Crippen LogP contribution in [0.3, 0.4) is 0 Å². The summed E-state index contributed by atoms with van der Waals surface area (Å²) in [5, 5.41) is 2.96. The summed E-state index contributed by atoms with van der Waals surface area (Å²) in [5.41, 5.74) is 1.14. The molecule has 27 heavy (non-hydrogen) atoms. The van der Waals surface area contributed by atoms with Gasteiger partial charge in [-0.2, -0.15) is 0 Å². The van der Waals surface area contributed by atoms with Crippen LogP contribution < -0.4 is 19.1 Å². The quantitative estimate of drug-likeness (QED) is 0.818. The second kappa shape index (κ2) is 7.66. The molecule has 1 aliphatic heterocycles. The molecule has 9 heteroatoms. The van der Waals surface area contributed by atoms with Crippen molar-refractivity contribution in [2.24, 2.45) is 0 Å². The van der Waals surface area contributed by atoms with Gasteiger partial charge in [0.1, 0.15) is 0 Å². The first kappa shape index (κ1) is 19.3. The minimum Gasteiger partial charge on any atom is -0.493 e. The van der Waals surface area contributed by atoms with Crippen LogP contribution in [0.5, 0.6) is 11.5 Å². The lowest BCUT2D eigenvalue weighted by molar-refractivity contribution is 0.102. The molecule has 1 heterocycles. The maximum absolute atomic E-state index is 12.6. The van der Waals surface area contributed by atoms with Crippen molar-refractivity contribution in [2.75, 3.05) is 36.1 Å². The highest BCUT2D eigenvalue weighted by Crippen LogP contribution is 2.34. The molecule has 1 fully saturated rings. The summed E-state index contributed by atoms with van der Waals surface area (Å²) in [4.78, 5) is 12.6. The first-order valence-electron chi connectivity index (χ1n) is 8.19. The SMILES string of the molecule is COc1cccc(C(=O)Nc2ccc(N3CCCS3(=O)=O)cc2Cl)c1OC.